The van der Waals surface area contributed by atoms with Crippen molar-refractivity contribution in [1.29, 1.82) is 0 Å². The van der Waals surface area contributed by atoms with Gasteiger partial charge in [-0.25, -0.2) is 4.79 Å². The van der Waals surface area contributed by atoms with E-state index in [1.165, 1.54) is 63.0 Å². The first-order valence-corrected chi connectivity index (χ1v) is 14.2. The third-order valence-electron chi connectivity index (χ3n) is 8.27. The molecular weight excluding hydrogens is 436 g/mol. The molecule has 0 saturated heterocycles. The van der Waals surface area contributed by atoms with Gasteiger partial charge in [-0.15, -0.1) is 0 Å². The average molecular weight is 483 g/mol. The number of unbranched alkanes of at least 4 members (excludes halogenated alkanes) is 3. The number of hydrogen-bond donors (Lipinski definition) is 0. The monoisotopic (exact) mass is 482 g/mol. The number of hydrogen-bond acceptors (Lipinski definition) is 4. The molecule has 4 heteroatoms. The summed E-state index contributed by atoms with van der Waals surface area (Å²) in [6, 6.07) is 8.01. The molecule has 35 heavy (non-hydrogen) atoms. The number of aryl methyl sites for hydroxylation is 1. The zero-order chi connectivity index (χ0) is 24.9. The van der Waals surface area contributed by atoms with Crippen molar-refractivity contribution in [3.8, 4) is 5.75 Å². The highest BCUT2D eigenvalue weighted by Gasteiger charge is 2.33. The van der Waals surface area contributed by atoms with E-state index in [2.05, 4.69) is 25.6 Å². The van der Waals surface area contributed by atoms with Crippen LogP contribution in [0.1, 0.15) is 102 Å². The minimum atomic E-state index is -0.349. The molecule has 4 nitrogen and oxygen atoms in total. The maximum atomic E-state index is 12.7. The molecule has 0 aromatic heterocycles. The molecule has 2 saturated carbocycles. The fraction of sp³-hybridized carbons (Fsp3) is 0.677. The standard InChI is InChI=1S/C31H46O4/c1-3-9-24-11-15-26(16-12-24)27-17-19-28(20-18-27)31(33)35-29-21-13-25(14-22-29)10-7-5-6-8-23-34-30(32)4-2/h4,13-14,21-22,24,26-28H,2-3,5-12,15-20,23H2,1H3. The first-order chi connectivity index (χ1) is 17.1. The third-order valence-corrected chi connectivity index (χ3v) is 8.27. The molecular formula is C31H46O4. The van der Waals surface area contributed by atoms with Gasteiger partial charge in [-0.05, 0) is 93.2 Å². The van der Waals surface area contributed by atoms with Crippen molar-refractivity contribution in [1.82, 2.24) is 0 Å². The molecule has 3 rings (SSSR count). The van der Waals surface area contributed by atoms with Gasteiger partial charge in [-0.3, -0.25) is 4.79 Å². The Labute approximate surface area is 212 Å². The fourth-order valence-corrected chi connectivity index (χ4v) is 6.12. The highest BCUT2D eigenvalue weighted by molar-refractivity contribution is 5.81. The van der Waals surface area contributed by atoms with E-state index in [0.717, 1.165) is 62.7 Å². The number of esters is 2. The Balaban J connectivity index is 1.29. The first-order valence-electron chi connectivity index (χ1n) is 14.2. The van der Waals surface area contributed by atoms with Crippen LogP contribution in [0.4, 0.5) is 0 Å². The molecule has 0 heterocycles. The Kier molecular flexibility index (Phi) is 11.9. The Morgan fingerprint density at radius 1 is 0.886 bits per heavy atom. The van der Waals surface area contributed by atoms with Gasteiger partial charge in [0.05, 0.1) is 12.5 Å². The molecule has 0 N–H and O–H groups in total. The van der Waals surface area contributed by atoms with Gasteiger partial charge in [-0.2, -0.15) is 0 Å². The Hall–Kier alpha value is -2.10. The molecule has 194 valence electrons. The molecule has 0 bridgehead atoms. The predicted molar refractivity (Wildman–Crippen MR) is 141 cm³/mol. The van der Waals surface area contributed by atoms with E-state index >= 15 is 0 Å². The summed E-state index contributed by atoms with van der Waals surface area (Å²) in [5.41, 5.74) is 1.26. The number of benzene rings is 1. The Morgan fingerprint density at radius 3 is 2.14 bits per heavy atom. The van der Waals surface area contributed by atoms with E-state index in [4.69, 9.17) is 9.47 Å². The molecule has 1 aromatic carbocycles. The van der Waals surface area contributed by atoms with Crippen molar-refractivity contribution in [3.05, 3.63) is 42.5 Å². The lowest BCUT2D eigenvalue weighted by Gasteiger charge is -2.37. The minimum Gasteiger partial charge on any atom is -0.463 e. The van der Waals surface area contributed by atoms with Crippen LogP contribution in [-0.2, 0) is 20.7 Å². The van der Waals surface area contributed by atoms with Crippen molar-refractivity contribution in [3.63, 3.8) is 0 Å². The lowest BCUT2D eigenvalue weighted by atomic mass is 9.69. The Morgan fingerprint density at radius 2 is 1.51 bits per heavy atom. The molecule has 1 aromatic rings. The third kappa shape index (κ3) is 9.46. The molecule has 0 radical (unpaired) electrons. The summed E-state index contributed by atoms with van der Waals surface area (Å²) in [6.45, 7) is 6.16. The van der Waals surface area contributed by atoms with Crippen LogP contribution in [-0.4, -0.2) is 18.5 Å². The van der Waals surface area contributed by atoms with Gasteiger partial charge in [0.2, 0.25) is 0 Å². The highest BCUT2D eigenvalue weighted by atomic mass is 16.5. The zero-order valence-corrected chi connectivity index (χ0v) is 21.8. The maximum Gasteiger partial charge on any atom is 0.330 e. The van der Waals surface area contributed by atoms with E-state index in [9.17, 15) is 9.59 Å². The van der Waals surface area contributed by atoms with E-state index < -0.39 is 0 Å². The molecule has 2 fully saturated rings. The van der Waals surface area contributed by atoms with E-state index in [-0.39, 0.29) is 17.9 Å². The molecule has 2 aliphatic carbocycles. The van der Waals surface area contributed by atoms with Crippen LogP contribution in [0.5, 0.6) is 5.75 Å². The van der Waals surface area contributed by atoms with Crippen LogP contribution in [0, 0.1) is 23.7 Å². The summed E-state index contributed by atoms with van der Waals surface area (Å²) < 4.78 is 10.7. The van der Waals surface area contributed by atoms with Crippen molar-refractivity contribution in [2.45, 2.75) is 103 Å². The van der Waals surface area contributed by atoms with Crippen molar-refractivity contribution in [2.75, 3.05) is 6.61 Å². The molecule has 0 unspecified atom stereocenters. The van der Waals surface area contributed by atoms with Crippen LogP contribution in [0.25, 0.3) is 0 Å². The van der Waals surface area contributed by atoms with Crippen LogP contribution in [0.15, 0.2) is 36.9 Å². The van der Waals surface area contributed by atoms with E-state index in [1.54, 1.807) is 0 Å². The molecule has 0 amide bonds. The van der Waals surface area contributed by atoms with Crippen molar-refractivity contribution in [2.24, 2.45) is 23.7 Å². The van der Waals surface area contributed by atoms with Crippen LogP contribution >= 0.6 is 0 Å². The lowest BCUT2D eigenvalue weighted by Crippen LogP contribution is -2.30. The van der Waals surface area contributed by atoms with Gasteiger partial charge in [0.15, 0.2) is 0 Å². The van der Waals surface area contributed by atoms with Gasteiger partial charge >= 0.3 is 11.9 Å². The molecule has 0 spiro atoms. The predicted octanol–water partition coefficient (Wildman–Crippen LogP) is 7.84. The summed E-state index contributed by atoms with van der Waals surface area (Å²) >= 11 is 0. The van der Waals surface area contributed by atoms with Gasteiger partial charge in [0.25, 0.3) is 0 Å². The van der Waals surface area contributed by atoms with E-state index in [0.29, 0.717) is 12.4 Å². The molecule has 0 aliphatic heterocycles. The van der Waals surface area contributed by atoms with Crippen LogP contribution in [0.3, 0.4) is 0 Å². The van der Waals surface area contributed by atoms with Crippen molar-refractivity contribution >= 4 is 11.9 Å². The normalized spacial score (nSPS) is 24.5. The average Bonchev–Trinajstić information content (AvgIpc) is 2.89. The summed E-state index contributed by atoms with van der Waals surface area (Å²) in [5.74, 6) is 3.02. The molecule has 2 aliphatic rings. The zero-order valence-electron chi connectivity index (χ0n) is 21.8. The second-order valence-electron chi connectivity index (χ2n) is 10.8. The first kappa shape index (κ1) is 27.5. The summed E-state index contributed by atoms with van der Waals surface area (Å²) in [5, 5.41) is 0. The lowest BCUT2D eigenvalue weighted by molar-refractivity contribution is -0.140. The smallest absolute Gasteiger partial charge is 0.330 e. The van der Waals surface area contributed by atoms with Gasteiger partial charge in [0, 0.05) is 6.08 Å². The van der Waals surface area contributed by atoms with Gasteiger partial charge < -0.3 is 9.47 Å². The summed E-state index contributed by atoms with van der Waals surface area (Å²) in [6.07, 6.45) is 19.1. The quantitative estimate of drug-likeness (QED) is 0.124. The van der Waals surface area contributed by atoms with Gasteiger partial charge in [-0.1, -0.05) is 64.2 Å². The molecule has 0 atom stereocenters. The maximum absolute atomic E-state index is 12.7. The second-order valence-corrected chi connectivity index (χ2v) is 10.8. The van der Waals surface area contributed by atoms with Crippen molar-refractivity contribution < 1.29 is 19.1 Å². The largest absolute Gasteiger partial charge is 0.463 e. The summed E-state index contributed by atoms with van der Waals surface area (Å²) in [7, 11) is 0. The fourth-order valence-electron chi connectivity index (χ4n) is 6.12. The highest BCUT2D eigenvalue weighted by Crippen LogP contribution is 2.42. The number of carbonyl (C=O) groups is 2. The SMILES string of the molecule is C=CC(=O)OCCCCCCc1ccc(OC(=O)C2CCC(C3CCC(CCC)CC3)CC2)cc1. The topological polar surface area (TPSA) is 52.6 Å². The minimum absolute atomic E-state index is 0.0417. The number of carbonyl (C=O) groups excluding carboxylic acids is 2. The second kappa shape index (κ2) is 15.1. The van der Waals surface area contributed by atoms with E-state index in [1.807, 2.05) is 12.1 Å². The van der Waals surface area contributed by atoms with Crippen LogP contribution < -0.4 is 4.74 Å². The van der Waals surface area contributed by atoms with Gasteiger partial charge in [0.1, 0.15) is 5.75 Å². The summed E-state index contributed by atoms with van der Waals surface area (Å²) in [4.78, 5) is 23.7. The number of rotatable bonds is 13. The number of ether oxygens (including phenoxy) is 2. The Bertz CT molecular complexity index is 768. The van der Waals surface area contributed by atoms with Crippen LogP contribution in [0.2, 0.25) is 0 Å².